The van der Waals surface area contributed by atoms with E-state index in [0.29, 0.717) is 11.7 Å². The van der Waals surface area contributed by atoms with Crippen molar-refractivity contribution in [3.8, 4) is 0 Å². The lowest BCUT2D eigenvalue weighted by molar-refractivity contribution is 0.390. The van der Waals surface area contributed by atoms with Crippen molar-refractivity contribution in [2.75, 3.05) is 14.1 Å². The Bertz CT molecular complexity index is 291. The van der Waals surface area contributed by atoms with Crippen molar-refractivity contribution in [3.05, 3.63) is 21.1 Å². The van der Waals surface area contributed by atoms with Crippen molar-refractivity contribution in [1.29, 1.82) is 0 Å². The summed E-state index contributed by atoms with van der Waals surface area (Å²) >= 11 is 9.19. The van der Waals surface area contributed by atoms with Crippen LogP contribution in [-0.4, -0.2) is 29.0 Å². The van der Waals surface area contributed by atoms with Gasteiger partial charge in [-0.25, -0.2) is 9.97 Å². The fourth-order valence-corrected chi connectivity index (χ4v) is 1.34. The minimum atomic E-state index is 0.476. The first kappa shape index (κ1) is 10.9. The lowest BCUT2D eigenvalue weighted by Gasteiger charge is -2.09. The molecule has 1 aromatic rings. The summed E-state index contributed by atoms with van der Waals surface area (Å²) in [6.45, 7) is 2.60. The van der Waals surface area contributed by atoms with E-state index < -0.39 is 0 Å². The smallest absolute Gasteiger partial charge is 0.147 e. The minimum absolute atomic E-state index is 0.476. The molecule has 0 aliphatic heterocycles. The van der Waals surface area contributed by atoms with Gasteiger partial charge < -0.3 is 4.90 Å². The van der Waals surface area contributed by atoms with Gasteiger partial charge in [-0.1, -0.05) is 11.6 Å². The van der Waals surface area contributed by atoms with Gasteiger partial charge in [0.25, 0.3) is 0 Å². The van der Waals surface area contributed by atoms with Crippen LogP contribution in [-0.2, 0) is 6.54 Å². The normalized spacial score (nSPS) is 10.9. The molecule has 3 nitrogen and oxygen atoms in total. The molecule has 72 valence electrons. The van der Waals surface area contributed by atoms with Crippen LogP contribution in [0.1, 0.15) is 11.5 Å². The second-order valence-electron chi connectivity index (χ2n) is 3.07. The Balaban J connectivity index is 2.99. The molecule has 0 atom stereocenters. The summed E-state index contributed by atoms with van der Waals surface area (Å²) in [5, 5.41) is 0.476. The fourth-order valence-electron chi connectivity index (χ4n) is 0.933. The number of halogens is 2. The van der Waals surface area contributed by atoms with E-state index in [1.807, 2.05) is 25.9 Å². The number of hydrogen-bond acceptors (Lipinski definition) is 3. The van der Waals surface area contributed by atoms with Gasteiger partial charge in [0.1, 0.15) is 11.0 Å². The monoisotopic (exact) mass is 263 g/mol. The van der Waals surface area contributed by atoms with Crippen LogP contribution in [0.4, 0.5) is 0 Å². The summed E-state index contributed by atoms with van der Waals surface area (Å²) in [5.74, 6) is 0.746. The Morgan fingerprint density at radius 1 is 1.38 bits per heavy atom. The van der Waals surface area contributed by atoms with Gasteiger partial charge in [0.05, 0.1) is 16.7 Å². The SMILES string of the molecule is Cc1nc(CN(C)C)nc(Cl)c1Br. The third-order valence-corrected chi connectivity index (χ3v) is 2.93. The van der Waals surface area contributed by atoms with E-state index in [9.17, 15) is 0 Å². The molecule has 13 heavy (non-hydrogen) atoms. The van der Waals surface area contributed by atoms with Crippen molar-refractivity contribution < 1.29 is 0 Å². The number of hydrogen-bond donors (Lipinski definition) is 0. The van der Waals surface area contributed by atoms with Gasteiger partial charge >= 0.3 is 0 Å². The van der Waals surface area contributed by atoms with Crippen LogP contribution in [0.3, 0.4) is 0 Å². The zero-order chi connectivity index (χ0) is 10.0. The molecule has 0 saturated heterocycles. The molecule has 0 aliphatic carbocycles. The van der Waals surface area contributed by atoms with Crippen molar-refractivity contribution in [1.82, 2.24) is 14.9 Å². The van der Waals surface area contributed by atoms with Crippen LogP contribution in [0.25, 0.3) is 0 Å². The van der Waals surface area contributed by atoms with Crippen molar-refractivity contribution in [3.63, 3.8) is 0 Å². The Morgan fingerprint density at radius 2 is 2.00 bits per heavy atom. The second kappa shape index (κ2) is 4.35. The minimum Gasteiger partial charge on any atom is -0.302 e. The number of rotatable bonds is 2. The molecule has 0 fully saturated rings. The highest BCUT2D eigenvalue weighted by atomic mass is 79.9. The van der Waals surface area contributed by atoms with Gasteiger partial charge in [-0.15, -0.1) is 0 Å². The lowest BCUT2D eigenvalue weighted by atomic mass is 10.4. The van der Waals surface area contributed by atoms with Crippen LogP contribution in [0, 0.1) is 6.92 Å². The highest BCUT2D eigenvalue weighted by Crippen LogP contribution is 2.22. The Morgan fingerprint density at radius 3 is 2.46 bits per heavy atom. The Labute approximate surface area is 91.3 Å². The van der Waals surface area contributed by atoms with Gasteiger partial charge in [0, 0.05) is 0 Å². The zero-order valence-electron chi connectivity index (χ0n) is 7.80. The van der Waals surface area contributed by atoms with Crippen LogP contribution in [0.5, 0.6) is 0 Å². The summed E-state index contributed by atoms with van der Waals surface area (Å²) in [6.07, 6.45) is 0. The number of aromatic nitrogens is 2. The molecule has 0 saturated carbocycles. The Hall–Kier alpha value is -0.190. The molecule has 0 bridgehead atoms. The van der Waals surface area contributed by atoms with Gasteiger partial charge in [0.2, 0.25) is 0 Å². The standard InChI is InChI=1S/C8H11BrClN3/c1-5-7(9)8(10)12-6(11-5)4-13(2)3/h4H2,1-3H3. The number of aryl methyl sites for hydroxylation is 1. The van der Waals surface area contributed by atoms with Crippen LogP contribution in [0.2, 0.25) is 5.15 Å². The summed E-state index contributed by atoms with van der Waals surface area (Å²) in [5.41, 5.74) is 0.872. The van der Waals surface area contributed by atoms with E-state index >= 15 is 0 Å². The molecule has 1 aromatic heterocycles. The summed E-state index contributed by atoms with van der Waals surface area (Å²) in [7, 11) is 3.93. The van der Waals surface area contributed by atoms with Crippen molar-refractivity contribution in [2.45, 2.75) is 13.5 Å². The molecule has 0 N–H and O–H groups in total. The molecular weight excluding hydrogens is 253 g/mol. The predicted molar refractivity (Wildman–Crippen MR) is 56.9 cm³/mol. The molecule has 0 radical (unpaired) electrons. The first-order chi connectivity index (χ1) is 6.00. The van der Waals surface area contributed by atoms with Crippen molar-refractivity contribution >= 4 is 27.5 Å². The number of nitrogens with zero attached hydrogens (tertiary/aromatic N) is 3. The van der Waals surface area contributed by atoms with E-state index in [4.69, 9.17) is 11.6 Å². The zero-order valence-corrected chi connectivity index (χ0v) is 10.1. The largest absolute Gasteiger partial charge is 0.302 e. The van der Waals surface area contributed by atoms with Crippen LogP contribution in [0.15, 0.2) is 4.47 Å². The molecule has 0 unspecified atom stereocenters. The summed E-state index contributed by atoms with van der Waals surface area (Å²) < 4.78 is 0.775. The van der Waals surface area contributed by atoms with E-state index in [2.05, 4.69) is 25.9 Å². The van der Waals surface area contributed by atoms with Crippen LogP contribution >= 0.6 is 27.5 Å². The molecule has 0 aromatic carbocycles. The van der Waals surface area contributed by atoms with Crippen LogP contribution < -0.4 is 0 Å². The maximum Gasteiger partial charge on any atom is 0.147 e. The molecule has 1 rings (SSSR count). The summed E-state index contributed by atoms with van der Waals surface area (Å²) in [4.78, 5) is 10.4. The quantitative estimate of drug-likeness (QED) is 0.767. The van der Waals surface area contributed by atoms with Gasteiger partial charge in [-0.05, 0) is 36.9 Å². The third kappa shape index (κ3) is 2.90. The van der Waals surface area contributed by atoms with E-state index in [0.717, 1.165) is 16.0 Å². The van der Waals surface area contributed by atoms with Gasteiger partial charge in [-0.3, -0.25) is 0 Å². The van der Waals surface area contributed by atoms with Gasteiger partial charge in [-0.2, -0.15) is 0 Å². The predicted octanol–water partition coefficient (Wildman–Crippen LogP) is 2.26. The van der Waals surface area contributed by atoms with E-state index in [1.54, 1.807) is 0 Å². The molecule has 0 spiro atoms. The highest BCUT2D eigenvalue weighted by molar-refractivity contribution is 9.10. The molecule has 5 heteroatoms. The summed E-state index contributed by atoms with van der Waals surface area (Å²) in [6, 6.07) is 0. The van der Waals surface area contributed by atoms with Gasteiger partial charge in [0.15, 0.2) is 0 Å². The second-order valence-corrected chi connectivity index (χ2v) is 4.22. The molecular formula is C8H11BrClN3. The highest BCUT2D eigenvalue weighted by Gasteiger charge is 2.07. The Kier molecular flexibility index (Phi) is 3.64. The third-order valence-electron chi connectivity index (χ3n) is 1.48. The van der Waals surface area contributed by atoms with E-state index in [1.165, 1.54) is 0 Å². The topological polar surface area (TPSA) is 29.0 Å². The first-order valence-electron chi connectivity index (χ1n) is 3.84. The maximum absolute atomic E-state index is 5.89. The molecule has 1 heterocycles. The molecule has 0 amide bonds. The molecule has 0 aliphatic rings. The van der Waals surface area contributed by atoms with E-state index in [-0.39, 0.29) is 0 Å². The first-order valence-corrected chi connectivity index (χ1v) is 5.01. The van der Waals surface area contributed by atoms with Crippen molar-refractivity contribution in [2.24, 2.45) is 0 Å². The average Bonchev–Trinajstić information content (AvgIpc) is 1.98. The fraction of sp³-hybridized carbons (Fsp3) is 0.500. The maximum atomic E-state index is 5.89. The lowest BCUT2D eigenvalue weighted by Crippen LogP contribution is -2.14. The average molecular weight is 265 g/mol.